The van der Waals surface area contributed by atoms with E-state index in [4.69, 9.17) is 42.3 Å². The van der Waals surface area contributed by atoms with Crippen molar-refractivity contribution in [1.29, 1.82) is 0 Å². The SMILES string of the molecule is COC(=O)C=C1C[C@@H](C[C@@H](OC(=O)C[C@@H](C[C@@H]2CCC[C@H](C[C@@H]3CCO[C@@]4(C[C@H](C)CC[C@H]4C(C)C)O3)O2)O[Si](C)(C)C(C)(C)C)[C@@H](C)OCc2ccccc2)O[C@@](O)(C(C)(C)C=CC=O)[C@H]1OC(C)=O. The number of rotatable bonds is 21. The fraction of sp³-hybridized carbons (Fsp3) is 0.750. The maximum Gasteiger partial charge on any atom is 0.330 e. The van der Waals surface area contributed by atoms with Crippen LogP contribution in [0.1, 0.15) is 152 Å². The van der Waals surface area contributed by atoms with E-state index < -0.39 is 73.7 Å². The summed E-state index contributed by atoms with van der Waals surface area (Å²) in [6.45, 7) is 24.9. The summed E-state index contributed by atoms with van der Waals surface area (Å²) in [4.78, 5) is 51.5. The van der Waals surface area contributed by atoms with E-state index >= 15 is 0 Å². The molecule has 4 fully saturated rings. The number of hydrogen-bond acceptors (Lipinski definition) is 14. The van der Waals surface area contributed by atoms with Gasteiger partial charge in [0, 0.05) is 37.2 Å². The number of allylic oxidation sites excluding steroid dienone is 1. The second-order valence-electron chi connectivity index (χ2n) is 23.3. The number of esters is 3. The van der Waals surface area contributed by atoms with Crippen LogP contribution in [0.15, 0.2) is 54.1 Å². The average molecular weight is 1010 g/mol. The van der Waals surface area contributed by atoms with Gasteiger partial charge in [0.2, 0.25) is 5.79 Å². The van der Waals surface area contributed by atoms with Crippen LogP contribution >= 0.6 is 0 Å². The summed E-state index contributed by atoms with van der Waals surface area (Å²) in [5, 5.41) is 12.4. The predicted octanol–water partition coefficient (Wildman–Crippen LogP) is 10.3. The predicted molar refractivity (Wildman–Crippen MR) is 272 cm³/mol. The fourth-order valence-electron chi connectivity index (χ4n) is 10.7. The van der Waals surface area contributed by atoms with Crippen LogP contribution in [-0.2, 0) is 68.1 Å². The van der Waals surface area contributed by atoms with Crippen molar-refractivity contribution in [3.8, 4) is 0 Å². The molecule has 4 aliphatic rings. The van der Waals surface area contributed by atoms with Gasteiger partial charge in [-0.05, 0) is 105 Å². The van der Waals surface area contributed by atoms with Gasteiger partial charge in [-0.15, -0.1) is 0 Å². The molecule has 1 spiro atoms. The average Bonchev–Trinajstić information content (AvgIpc) is 3.28. The Balaban J connectivity index is 1.39. The molecular formula is C56H88O14Si. The second kappa shape index (κ2) is 25.3. The summed E-state index contributed by atoms with van der Waals surface area (Å²) >= 11 is 0. The van der Waals surface area contributed by atoms with Crippen molar-refractivity contribution < 1.29 is 66.6 Å². The summed E-state index contributed by atoms with van der Waals surface area (Å²) < 4.78 is 57.6. The van der Waals surface area contributed by atoms with E-state index in [-0.39, 0.29) is 54.8 Å². The van der Waals surface area contributed by atoms with Gasteiger partial charge in [-0.3, -0.25) is 14.4 Å². The molecule has 3 heterocycles. The quantitative estimate of drug-likeness (QED) is 0.0405. The highest BCUT2D eigenvalue weighted by molar-refractivity contribution is 6.74. The Morgan fingerprint density at radius 2 is 1.63 bits per heavy atom. The number of aliphatic hydroxyl groups is 1. The lowest BCUT2D eigenvalue weighted by Gasteiger charge is -2.51. The van der Waals surface area contributed by atoms with Crippen molar-refractivity contribution in [1.82, 2.24) is 0 Å². The highest BCUT2D eigenvalue weighted by Crippen LogP contribution is 2.49. The third-order valence-electron chi connectivity index (χ3n) is 15.7. The Morgan fingerprint density at radius 3 is 2.28 bits per heavy atom. The van der Waals surface area contributed by atoms with Crippen molar-refractivity contribution in [2.75, 3.05) is 13.7 Å². The van der Waals surface area contributed by atoms with Crippen LogP contribution in [0.3, 0.4) is 0 Å². The van der Waals surface area contributed by atoms with E-state index in [1.807, 2.05) is 37.3 Å². The minimum absolute atomic E-state index is 0.00306. The minimum Gasteiger partial charge on any atom is -0.466 e. The van der Waals surface area contributed by atoms with Crippen LogP contribution in [0.25, 0.3) is 0 Å². The van der Waals surface area contributed by atoms with Crippen LogP contribution in [0, 0.1) is 23.2 Å². The molecule has 1 aromatic carbocycles. The molecule has 0 bridgehead atoms. The number of ether oxygens (including phenoxy) is 8. The zero-order chi connectivity index (χ0) is 52.4. The largest absolute Gasteiger partial charge is 0.466 e. The number of benzene rings is 1. The van der Waals surface area contributed by atoms with E-state index in [1.54, 1.807) is 13.8 Å². The molecule has 3 aliphatic heterocycles. The first kappa shape index (κ1) is 58.6. The maximum absolute atomic E-state index is 14.6. The first-order chi connectivity index (χ1) is 33.3. The zero-order valence-electron chi connectivity index (χ0n) is 45.2. The smallest absolute Gasteiger partial charge is 0.330 e. The molecule has 3 saturated heterocycles. The number of methoxy groups -OCH3 is 1. The van der Waals surface area contributed by atoms with Crippen LogP contribution < -0.4 is 0 Å². The third kappa shape index (κ3) is 15.9. The molecule has 0 radical (unpaired) electrons. The van der Waals surface area contributed by atoms with Crippen LogP contribution in [0.5, 0.6) is 0 Å². The van der Waals surface area contributed by atoms with Gasteiger partial charge in [-0.25, -0.2) is 4.79 Å². The Bertz CT molecular complexity index is 1960. The van der Waals surface area contributed by atoms with Crippen molar-refractivity contribution >= 4 is 32.5 Å². The Morgan fingerprint density at radius 1 is 0.930 bits per heavy atom. The molecule has 71 heavy (non-hydrogen) atoms. The molecule has 1 aliphatic carbocycles. The highest BCUT2D eigenvalue weighted by atomic mass is 28.4. The number of carbonyl (C=O) groups is 4. The van der Waals surface area contributed by atoms with Crippen molar-refractivity contribution in [2.24, 2.45) is 23.2 Å². The lowest BCUT2D eigenvalue weighted by Crippen LogP contribution is -2.62. The molecule has 1 aromatic rings. The second-order valence-corrected chi connectivity index (χ2v) is 28.0. The maximum atomic E-state index is 14.6. The lowest BCUT2D eigenvalue weighted by atomic mass is 9.72. The number of aldehydes is 1. The van der Waals surface area contributed by atoms with Gasteiger partial charge in [0.05, 0.1) is 63.4 Å². The van der Waals surface area contributed by atoms with Crippen LogP contribution in [0.4, 0.5) is 0 Å². The van der Waals surface area contributed by atoms with Gasteiger partial charge in [0.25, 0.3) is 0 Å². The standard InChI is InChI=1S/C56H88O14Si/c1-37(2)48-24-23-38(3)35-55(48)64-28-25-45(68-55)31-43-21-17-22-44(66-43)32-47(70-71(12,13)53(6,7)8)34-51(60)67-49(39(4)63-36-41-19-15-14-16-20-41)33-46-29-42(30-50(59)62-11)52(65-40(5)58)56(61,69-46)54(9,10)26-18-27-57/h14-16,18-20,26-27,30,37-39,43-49,52,61H,17,21-25,28-29,31-36H2,1-13H3/t38-,39-,43-,44+,45+,46+,47-,48+,49-,52+,55+,56-/m1/s1. The van der Waals surface area contributed by atoms with Gasteiger partial charge in [-0.2, -0.15) is 0 Å². The molecule has 0 aromatic heterocycles. The molecule has 5 rings (SSSR count). The Hall–Kier alpha value is -3.28. The molecule has 12 atom stereocenters. The summed E-state index contributed by atoms with van der Waals surface area (Å²) in [6.07, 6.45) is 7.94. The summed E-state index contributed by atoms with van der Waals surface area (Å²) in [5.74, 6) is -3.43. The summed E-state index contributed by atoms with van der Waals surface area (Å²) in [5.41, 5.74) is -0.215. The van der Waals surface area contributed by atoms with E-state index in [9.17, 15) is 24.3 Å². The highest BCUT2D eigenvalue weighted by Gasteiger charge is 2.58. The van der Waals surface area contributed by atoms with Gasteiger partial charge < -0.3 is 47.4 Å². The molecule has 15 heteroatoms. The van der Waals surface area contributed by atoms with Gasteiger partial charge in [0.15, 0.2) is 20.2 Å². The normalized spacial score (nSPS) is 30.7. The molecular weight excluding hydrogens is 925 g/mol. The van der Waals surface area contributed by atoms with E-state index in [1.165, 1.54) is 38.7 Å². The monoisotopic (exact) mass is 1010 g/mol. The van der Waals surface area contributed by atoms with Crippen LogP contribution in [0.2, 0.25) is 18.1 Å². The Labute approximate surface area is 425 Å². The first-order valence-electron chi connectivity index (χ1n) is 26.3. The van der Waals surface area contributed by atoms with Crippen molar-refractivity contribution in [2.45, 2.75) is 231 Å². The van der Waals surface area contributed by atoms with Crippen LogP contribution in [-0.4, -0.2) is 112 Å². The molecule has 400 valence electrons. The Kier molecular flexibility index (Phi) is 20.9. The first-order valence-corrected chi connectivity index (χ1v) is 29.2. The molecule has 1 N–H and O–H groups in total. The lowest BCUT2D eigenvalue weighted by molar-refractivity contribution is -0.342. The zero-order valence-corrected chi connectivity index (χ0v) is 46.2. The van der Waals surface area contributed by atoms with Crippen molar-refractivity contribution in [3.63, 3.8) is 0 Å². The molecule has 0 unspecified atom stereocenters. The van der Waals surface area contributed by atoms with E-state index in [0.717, 1.165) is 50.5 Å². The van der Waals surface area contributed by atoms with Crippen molar-refractivity contribution in [3.05, 3.63) is 59.7 Å². The number of carbonyl (C=O) groups excluding carboxylic acids is 4. The molecule has 0 amide bonds. The third-order valence-corrected chi connectivity index (χ3v) is 20.3. The molecule has 1 saturated carbocycles. The van der Waals surface area contributed by atoms with Gasteiger partial charge >= 0.3 is 17.9 Å². The minimum atomic E-state index is -2.43. The topological polar surface area (TPSA) is 172 Å². The number of hydrogen-bond donors (Lipinski definition) is 1. The molecule has 14 nitrogen and oxygen atoms in total. The van der Waals surface area contributed by atoms with Gasteiger partial charge in [-0.1, -0.05) is 98.2 Å². The van der Waals surface area contributed by atoms with E-state index in [0.29, 0.717) is 37.1 Å². The van der Waals surface area contributed by atoms with E-state index in [2.05, 4.69) is 54.6 Å². The summed E-state index contributed by atoms with van der Waals surface area (Å²) in [7, 11) is -1.21. The fourth-order valence-corrected chi connectivity index (χ4v) is 12.1. The summed E-state index contributed by atoms with van der Waals surface area (Å²) in [6, 6.07) is 9.64. The van der Waals surface area contributed by atoms with Gasteiger partial charge in [0.1, 0.15) is 12.4 Å².